The van der Waals surface area contributed by atoms with Crippen molar-refractivity contribution in [3.8, 4) is 6.07 Å². The highest BCUT2D eigenvalue weighted by atomic mass is 16.5. The van der Waals surface area contributed by atoms with E-state index in [1.165, 1.54) is 0 Å². The number of nitrogens with one attached hydrogen (secondary N) is 1. The predicted octanol–water partition coefficient (Wildman–Crippen LogP) is 2.19. The van der Waals surface area contributed by atoms with Crippen molar-refractivity contribution in [2.45, 2.75) is 19.6 Å². The topological polar surface area (TPSA) is 74.1 Å². The summed E-state index contributed by atoms with van der Waals surface area (Å²) in [4.78, 5) is 11.0. The maximum atomic E-state index is 8.76. The maximum absolute atomic E-state index is 8.76. The highest BCUT2D eigenvalue weighted by Crippen LogP contribution is 2.16. The summed E-state index contributed by atoms with van der Waals surface area (Å²) in [6.07, 6.45) is 3.68. The molecule has 0 spiro atoms. The normalized spacial score (nSPS) is 17.6. The van der Waals surface area contributed by atoms with Crippen molar-refractivity contribution in [1.82, 2.24) is 9.97 Å². The molecule has 23 heavy (non-hydrogen) atoms. The van der Waals surface area contributed by atoms with Crippen LogP contribution in [0.4, 0.5) is 11.6 Å². The van der Waals surface area contributed by atoms with Gasteiger partial charge in [0, 0.05) is 32.0 Å². The van der Waals surface area contributed by atoms with Crippen LogP contribution in [-0.2, 0) is 11.3 Å². The van der Waals surface area contributed by atoms with Crippen LogP contribution in [0.25, 0.3) is 0 Å². The number of rotatable bonds is 4. The predicted molar refractivity (Wildman–Crippen MR) is 88.1 cm³/mol. The van der Waals surface area contributed by atoms with Crippen LogP contribution in [0.15, 0.2) is 36.7 Å². The lowest BCUT2D eigenvalue weighted by molar-refractivity contribution is 0.0529. The van der Waals surface area contributed by atoms with Gasteiger partial charge in [0.05, 0.1) is 18.3 Å². The van der Waals surface area contributed by atoms with Gasteiger partial charge in [0.15, 0.2) is 0 Å². The van der Waals surface area contributed by atoms with Gasteiger partial charge in [-0.3, -0.25) is 0 Å². The maximum Gasteiger partial charge on any atom is 0.128 e. The Kier molecular flexibility index (Phi) is 4.69. The van der Waals surface area contributed by atoms with Crippen molar-refractivity contribution in [2.75, 3.05) is 29.9 Å². The number of hydrogen-bond donors (Lipinski definition) is 1. The van der Waals surface area contributed by atoms with Crippen LogP contribution in [0.5, 0.6) is 0 Å². The molecular formula is C17H19N5O. The van der Waals surface area contributed by atoms with Gasteiger partial charge in [0.25, 0.3) is 0 Å². The van der Waals surface area contributed by atoms with Gasteiger partial charge < -0.3 is 15.0 Å². The molecule has 0 radical (unpaired) electrons. The Morgan fingerprint density at radius 1 is 1.30 bits per heavy atom. The summed E-state index contributed by atoms with van der Waals surface area (Å²) in [5, 5.41) is 12.0. The van der Waals surface area contributed by atoms with Gasteiger partial charge in [0.2, 0.25) is 0 Å². The Morgan fingerprint density at radius 2 is 2.22 bits per heavy atom. The number of ether oxygens (including phenoxy) is 1. The molecule has 6 nitrogen and oxygen atoms in total. The monoisotopic (exact) mass is 309 g/mol. The SMILES string of the molecule is CC1CN(c2ccc(CNc3ccc(C#N)cn3)cn2)CCO1. The minimum atomic E-state index is 0.245. The van der Waals surface area contributed by atoms with E-state index < -0.39 is 0 Å². The molecule has 118 valence electrons. The van der Waals surface area contributed by atoms with Crippen LogP contribution in [0.1, 0.15) is 18.1 Å². The number of pyridine rings is 2. The van der Waals surface area contributed by atoms with E-state index in [0.717, 1.165) is 36.9 Å². The van der Waals surface area contributed by atoms with Crippen LogP contribution in [0, 0.1) is 11.3 Å². The summed E-state index contributed by atoms with van der Waals surface area (Å²) in [5.41, 5.74) is 1.64. The first-order chi connectivity index (χ1) is 11.2. The lowest BCUT2D eigenvalue weighted by Crippen LogP contribution is -2.41. The first-order valence-electron chi connectivity index (χ1n) is 7.66. The second kappa shape index (κ2) is 7.07. The van der Waals surface area contributed by atoms with Crippen LogP contribution < -0.4 is 10.2 Å². The molecule has 0 bridgehead atoms. The molecule has 6 heteroatoms. The molecule has 1 aliphatic rings. The minimum Gasteiger partial charge on any atom is -0.375 e. The zero-order valence-electron chi connectivity index (χ0n) is 13.1. The second-order valence-electron chi connectivity index (χ2n) is 5.55. The average Bonchev–Trinajstić information content (AvgIpc) is 2.61. The molecule has 0 aliphatic carbocycles. The fourth-order valence-corrected chi connectivity index (χ4v) is 2.49. The molecule has 0 amide bonds. The second-order valence-corrected chi connectivity index (χ2v) is 5.55. The summed E-state index contributed by atoms with van der Waals surface area (Å²) < 4.78 is 5.55. The van der Waals surface area contributed by atoms with Gasteiger partial charge in [-0.2, -0.15) is 5.26 Å². The van der Waals surface area contributed by atoms with E-state index in [0.29, 0.717) is 12.1 Å². The third-order valence-corrected chi connectivity index (χ3v) is 3.74. The lowest BCUT2D eigenvalue weighted by Gasteiger charge is -2.32. The van der Waals surface area contributed by atoms with E-state index in [9.17, 15) is 0 Å². The van der Waals surface area contributed by atoms with Gasteiger partial charge in [-0.25, -0.2) is 9.97 Å². The van der Waals surface area contributed by atoms with E-state index in [2.05, 4.69) is 39.2 Å². The summed E-state index contributed by atoms with van der Waals surface area (Å²) >= 11 is 0. The molecule has 1 N–H and O–H groups in total. The Balaban J connectivity index is 1.57. The highest BCUT2D eigenvalue weighted by Gasteiger charge is 2.17. The van der Waals surface area contributed by atoms with Gasteiger partial charge >= 0.3 is 0 Å². The molecule has 0 saturated carbocycles. The van der Waals surface area contributed by atoms with E-state index in [4.69, 9.17) is 10.00 Å². The summed E-state index contributed by atoms with van der Waals surface area (Å²) in [6.45, 7) is 5.22. The van der Waals surface area contributed by atoms with Crippen LogP contribution in [0.3, 0.4) is 0 Å². The third kappa shape index (κ3) is 3.96. The summed E-state index contributed by atoms with van der Waals surface area (Å²) in [7, 11) is 0. The van der Waals surface area contributed by atoms with Gasteiger partial charge in [0.1, 0.15) is 17.7 Å². The molecular weight excluding hydrogens is 290 g/mol. The van der Waals surface area contributed by atoms with Crippen LogP contribution in [-0.4, -0.2) is 35.8 Å². The number of anilines is 2. The van der Waals surface area contributed by atoms with E-state index in [-0.39, 0.29) is 6.10 Å². The molecule has 2 aromatic rings. The van der Waals surface area contributed by atoms with Gasteiger partial charge in [-0.05, 0) is 30.7 Å². The Hall–Kier alpha value is -2.65. The number of hydrogen-bond acceptors (Lipinski definition) is 6. The minimum absolute atomic E-state index is 0.245. The van der Waals surface area contributed by atoms with Crippen LogP contribution in [0.2, 0.25) is 0 Å². The Morgan fingerprint density at radius 3 is 2.87 bits per heavy atom. The largest absolute Gasteiger partial charge is 0.375 e. The lowest BCUT2D eigenvalue weighted by atomic mass is 10.2. The van der Waals surface area contributed by atoms with Crippen molar-refractivity contribution in [1.29, 1.82) is 5.26 Å². The van der Waals surface area contributed by atoms with E-state index >= 15 is 0 Å². The number of morpholine rings is 1. The molecule has 1 unspecified atom stereocenters. The average molecular weight is 309 g/mol. The standard InChI is InChI=1S/C17H19N5O/c1-13-12-22(6-7-23-13)17-5-3-15(11-21-17)10-20-16-4-2-14(8-18)9-19-16/h2-5,9,11,13H,6-7,10,12H2,1H3,(H,19,20). The highest BCUT2D eigenvalue weighted by molar-refractivity contribution is 5.42. The smallest absolute Gasteiger partial charge is 0.128 e. The van der Waals surface area contributed by atoms with E-state index in [1.54, 1.807) is 18.3 Å². The zero-order chi connectivity index (χ0) is 16.1. The molecule has 1 atom stereocenters. The third-order valence-electron chi connectivity index (χ3n) is 3.74. The zero-order valence-corrected chi connectivity index (χ0v) is 13.1. The fourth-order valence-electron chi connectivity index (χ4n) is 2.49. The first kappa shape index (κ1) is 15.3. The van der Waals surface area contributed by atoms with Gasteiger partial charge in [-0.15, -0.1) is 0 Å². The molecule has 1 fully saturated rings. The van der Waals surface area contributed by atoms with Gasteiger partial charge in [-0.1, -0.05) is 6.07 Å². The quantitative estimate of drug-likeness (QED) is 0.933. The van der Waals surface area contributed by atoms with Crippen molar-refractivity contribution < 1.29 is 4.74 Å². The molecule has 3 rings (SSSR count). The Bertz CT molecular complexity index is 678. The van der Waals surface area contributed by atoms with E-state index in [1.807, 2.05) is 12.3 Å². The molecule has 3 heterocycles. The number of nitriles is 1. The van der Waals surface area contributed by atoms with Crippen LogP contribution >= 0.6 is 0 Å². The molecule has 1 aliphatic heterocycles. The molecule has 0 aromatic carbocycles. The number of aromatic nitrogens is 2. The first-order valence-corrected chi connectivity index (χ1v) is 7.66. The number of nitrogens with zero attached hydrogens (tertiary/aromatic N) is 4. The van der Waals surface area contributed by atoms with Crippen molar-refractivity contribution in [2.24, 2.45) is 0 Å². The fraction of sp³-hybridized carbons (Fsp3) is 0.353. The molecule has 2 aromatic heterocycles. The van der Waals surface area contributed by atoms with Crippen molar-refractivity contribution in [3.05, 3.63) is 47.8 Å². The Labute approximate surface area is 135 Å². The van der Waals surface area contributed by atoms with Crippen molar-refractivity contribution in [3.63, 3.8) is 0 Å². The summed E-state index contributed by atoms with van der Waals surface area (Å²) in [6, 6.07) is 9.71. The molecule has 1 saturated heterocycles. The summed E-state index contributed by atoms with van der Waals surface area (Å²) in [5.74, 6) is 1.73. The van der Waals surface area contributed by atoms with Crippen molar-refractivity contribution >= 4 is 11.6 Å².